The van der Waals surface area contributed by atoms with E-state index in [1.165, 1.54) is 5.57 Å². The number of nitrogens with zero attached hydrogens (tertiary/aromatic N) is 1. The lowest BCUT2D eigenvalue weighted by Gasteiger charge is -2.02. The van der Waals surface area contributed by atoms with Gasteiger partial charge < -0.3 is 0 Å². The van der Waals surface area contributed by atoms with E-state index < -0.39 is 0 Å². The first-order valence-electron chi connectivity index (χ1n) is 4.41. The Morgan fingerprint density at radius 3 is 3.15 bits per heavy atom. The molecule has 0 aromatic rings. The molecule has 0 saturated heterocycles. The predicted octanol–water partition coefficient (Wildman–Crippen LogP) is 3.03. The lowest BCUT2D eigenvalue weighted by atomic mass is 10.1. The molecule has 2 aliphatic rings. The summed E-state index contributed by atoms with van der Waals surface area (Å²) in [6.07, 6.45) is 10.6. The van der Waals surface area contributed by atoms with Gasteiger partial charge in [-0.25, -0.2) is 0 Å². The van der Waals surface area contributed by atoms with Crippen molar-refractivity contribution >= 4 is 11.8 Å². The number of rotatable bonds is 1. The Hall–Kier alpha value is -0.940. The van der Waals surface area contributed by atoms with Crippen molar-refractivity contribution in [1.82, 2.24) is 0 Å². The molecule has 2 rings (SSSR count). The van der Waals surface area contributed by atoms with Gasteiger partial charge in [0.2, 0.25) is 0 Å². The van der Waals surface area contributed by atoms with Gasteiger partial charge in [-0.05, 0) is 36.7 Å². The summed E-state index contributed by atoms with van der Waals surface area (Å²) < 4.78 is 0. The highest BCUT2D eigenvalue weighted by Crippen LogP contribution is 2.46. The van der Waals surface area contributed by atoms with Crippen molar-refractivity contribution in [3.63, 3.8) is 0 Å². The zero-order chi connectivity index (χ0) is 9.26. The first-order chi connectivity index (χ1) is 6.36. The smallest absolute Gasteiger partial charge is 0.100 e. The summed E-state index contributed by atoms with van der Waals surface area (Å²) in [5.74, 6) is 0.668. The van der Waals surface area contributed by atoms with Crippen LogP contribution in [0.25, 0.3) is 0 Å². The zero-order valence-electron chi connectivity index (χ0n) is 7.58. The van der Waals surface area contributed by atoms with Crippen molar-refractivity contribution in [2.75, 3.05) is 6.26 Å². The van der Waals surface area contributed by atoms with E-state index in [9.17, 15) is 0 Å². The molecule has 0 spiro atoms. The monoisotopic (exact) mass is 189 g/mol. The Balaban J connectivity index is 2.42. The van der Waals surface area contributed by atoms with Crippen molar-refractivity contribution < 1.29 is 0 Å². The fourth-order valence-electron chi connectivity index (χ4n) is 1.68. The van der Waals surface area contributed by atoms with Gasteiger partial charge in [0.15, 0.2) is 0 Å². The van der Waals surface area contributed by atoms with Gasteiger partial charge >= 0.3 is 0 Å². The van der Waals surface area contributed by atoms with E-state index in [1.807, 2.05) is 12.3 Å². The van der Waals surface area contributed by atoms with Crippen molar-refractivity contribution in [2.24, 2.45) is 5.92 Å². The molecule has 0 bridgehead atoms. The van der Waals surface area contributed by atoms with Gasteiger partial charge in [-0.1, -0.05) is 12.2 Å². The van der Waals surface area contributed by atoms with Gasteiger partial charge in [0.25, 0.3) is 0 Å². The third-order valence-electron chi connectivity index (χ3n) is 2.50. The van der Waals surface area contributed by atoms with Crippen LogP contribution in [0.3, 0.4) is 0 Å². The Labute approximate surface area is 82.8 Å². The molecule has 0 radical (unpaired) electrons. The molecule has 1 nitrogen and oxygen atoms in total. The van der Waals surface area contributed by atoms with Crippen molar-refractivity contribution in [2.45, 2.75) is 12.8 Å². The maximum absolute atomic E-state index is 9.02. The fraction of sp³-hybridized carbons (Fsp3) is 0.364. The lowest BCUT2D eigenvalue weighted by Crippen LogP contribution is -1.85. The molecule has 0 heterocycles. The Morgan fingerprint density at radius 1 is 1.62 bits per heavy atom. The number of allylic oxidation sites excluding steroid dienone is 5. The normalized spacial score (nSPS) is 37.5. The minimum atomic E-state index is 0.668. The van der Waals surface area contributed by atoms with Crippen LogP contribution in [0.2, 0.25) is 0 Å². The maximum atomic E-state index is 9.02. The highest BCUT2D eigenvalue weighted by atomic mass is 32.2. The molecule has 1 fully saturated rings. The van der Waals surface area contributed by atoms with Gasteiger partial charge in [0.1, 0.15) is 6.07 Å². The molecule has 1 saturated carbocycles. The molecule has 0 N–H and O–H groups in total. The van der Waals surface area contributed by atoms with Crippen molar-refractivity contribution in [3.8, 4) is 6.07 Å². The second kappa shape index (κ2) is 3.43. The number of thioether (sulfide) groups is 1. The largest absolute Gasteiger partial charge is 0.192 e. The van der Waals surface area contributed by atoms with E-state index >= 15 is 0 Å². The van der Waals surface area contributed by atoms with Crippen molar-refractivity contribution in [1.29, 1.82) is 5.26 Å². The first-order valence-corrected chi connectivity index (χ1v) is 5.63. The molecule has 2 aliphatic carbocycles. The van der Waals surface area contributed by atoms with E-state index in [0.717, 1.165) is 23.3 Å². The van der Waals surface area contributed by atoms with Gasteiger partial charge in [-0.2, -0.15) is 5.26 Å². The summed E-state index contributed by atoms with van der Waals surface area (Å²) in [6, 6.07) is 2.32. The molecule has 0 aromatic heterocycles. The van der Waals surface area contributed by atoms with Crippen LogP contribution in [0.15, 0.2) is 34.3 Å². The first kappa shape index (κ1) is 8.65. The summed E-state index contributed by atoms with van der Waals surface area (Å²) in [7, 11) is 0. The number of hydrogen-bond donors (Lipinski definition) is 0. The van der Waals surface area contributed by atoms with Crippen LogP contribution in [-0.2, 0) is 0 Å². The number of fused-ring (bicyclic) bond motifs is 1. The van der Waals surface area contributed by atoms with E-state index in [0.29, 0.717) is 5.92 Å². The fourth-order valence-corrected chi connectivity index (χ4v) is 2.27. The van der Waals surface area contributed by atoms with Crippen LogP contribution >= 0.6 is 11.8 Å². The Bertz CT molecular complexity index is 355. The van der Waals surface area contributed by atoms with E-state index in [2.05, 4.69) is 18.2 Å². The molecular formula is C11H11NS. The SMILES string of the molecule is CSC1=C/C=C\CC2C/C2=C\1C#N. The minimum Gasteiger partial charge on any atom is -0.192 e. The van der Waals surface area contributed by atoms with Gasteiger partial charge in [0, 0.05) is 4.91 Å². The molecule has 0 aliphatic heterocycles. The van der Waals surface area contributed by atoms with E-state index in [-0.39, 0.29) is 0 Å². The summed E-state index contributed by atoms with van der Waals surface area (Å²) in [5, 5.41) is 9.02. The van der Waals surface area contributed by atoms with E-state index in [1.54, 1.807) is 11.8 Å². The molecule has 0 aromatic carbocycles. The molecule has 1 unspecified atom stereocenters. The summed E-state index contributed by atoms with van der Waals surface area (Å²) >= 11 is 1.66. The quantitative estimate of drug-likeness (QED) is 0.633. The van der Waals surface area contributed by atoms with Crippen LogP contribution in [-0.4, -0.2) is 6.26 Å². The summed E-state index contributed by atoms with van der Waals surface area (Å²) in [5.41, 5.74) is 2.30. The van der Waals surface area contributed by atoms with Crippen LogP contribution in [0, 0.1) is 17.2 Å². The second-order valence-electron chi connectivity index (χ2n) is 3.31. The average molecular weight is 189 g/mol. The Morgan fingerprint density at radius 2 is 2.46 bits per heavy atom. The van der Waals surface area contributed by atoms with Crippen LogP contribution in [0.5, 0.6) is 0 Å². The van der Waals surface area contributed by atoms with Gasteiger partial charge in [0.05, 0.1) is 5.57 Å². The third kappa shape index (κ3) is 1.57. The lowest BCUT2D eigenvalue weighted by molar-refractivity contribution is 0.891. The second-order valence-corrected chi connectivity index (χ2v) is 4.16. The molecular weight excluding hydrogens is 178 g/mol. The third-order valence-corrected chi connectivity index (χ3v) is 3.28. The molecule has 1 atom stereocenters. The highest BCUT2D eigenvalue weighted by Gasteiger charge is 2.33. The summed E-state index contributed by atoms with van der Waals surface area (Å²) in [4.78, 5) is 1.12. The average Bonchev–Trinajstić information content (AvgIpc) is 2.84. The molecule has 13 heavy (non-hydrogen) atoms. The zero-order valence-corrected chi connectivity index (χ0v) is 8.40. The van der Waals surface area contributed by atoms with Gasteiger partial charge in [-0.3, -0.25) is 0 Å². The van der Waals surface area contributed by atoms with Crippen molar-refractivity contribution in [3.05, 3.63) is 34.3 Å². The van der Waals surface area contributed by atoms with Crippen LogP contribution in [0.1, 0.15) is 12.8 Å². The van der Waals surface area contributed by atoms with Crippen LogP contribution < -0.4 is 0 Å². The minimum absolute atomic E-state index is 0.668. The standard InChI is InChI=1S/C11H11NS/c1-13-11-5-3-2-4-8-6-9(8)10(11)7-12/h2-3,5,8H,4,6H2,1H3/b3-2-,10-9+,11-5+. The predicted molar refractivity (Wildman–Crippen MR) is 56.1 cm³/mol. The molecule has 0 amide bonds. The summed E-state index contributed by atoms with van der Waals surface area (Å²) in [6.45, 7) is 0. The number of hydrogen-bond acceptors (Lipinski definition) is 2. The van der Waals surface area contributed by atoms with Gasteiger partial charge in [-0.15, -0.1) is 11.8 Å². The topological polar surface area (TPSA) is 23.8 Å². The van der Waals surface area contributed by atoms with Crippen LogP contribution in [0.4, 0.5) is 0 Å². The molecule has 2 heteroatoms. The highest BCUT2D eigenvalue weighted by molar-refractivity contribution is 8.02. The van der Waals surface area contributed by atoms with E-state index in [4.69, 9.17) is 5.26 Å². The maximum Gasteiger partial charge on any atom is 0.100 e. The molecule has 66 valence electrons. The number of nitriles is 1. The Kier molecular flexibility index (Phi) is 2.28.